The second kappa shape index (κ2) is 18.5. The van der Waals surface area contributed by atoms with Crippen LogP contribution in [0.25, 0.3) is 20.8 Å². The van der Waals surface area contributed by atoms with Crippen molar-refractivity contribution in [2.45, 2.75) is 65.7 Å². The van der Waals surface area contributed by atoms with Crippen LogP contribution < -0.4 is 5.32 Å². The van der Waals surface area contributed by atoms with Crippen molar-refractivity contribution in [3.63, 3.8) is 0 Å². The summed E-state index contributed by atoms with van der Waals surface area (Å²) in [5.74, 6) is 0.171. The molecule has 0 aliphatic rings. The standard InChI is InChI=1S/C38H48N2O4S/c1-28(2)25-33(27-34(41)13-7-11-30-9-5-4-6-10-30)37(42)39-20-22-44-24-23-43-21-8-12-31-15-17-32(18-16-31)38-40-35-19-14-29(3)26-36(35)45-38/h4-6,9-10,14-19,26,28,33H,7-8,11-13,20-25,27H2,1-3H3,(H,39,42)/t33-/m1/s1. The number of aryl methyl sites for hydroxylation is 3. The van der Waals surface area contributed by atoms with Gasteiger partial charge in [-0.2, -0.15) is 0 Å². The molecule has 1 amide bonds. The molecule has 0 aliphatic heterocycles. The summed E-state index contributed by atoms with van der Waals surface area (Å²) in [7, 11) is 0. The van der Waals surface area contributed by atoms with Crippen LogP contribution in [0.5, 0.6) is 0 Å². The molecule has 3 aromatic carbocycles. The number of Topliss-reactive ketones (excluding diaryl/α,β-unsaturated/α-hetero) is 1. The Balaban J connectivity index is 1.04. The van der Waals surface area contributed by atoms with E-state index >= 15 is 0 Å². The minimum Gasteiger partial charge on any atom is -0.379 e. The lowest BCUT2D eigenvalue weighted by molar-refractivity contribution is -0.130. The maximum Gasteiger partial charge on any atom is 0.223 e. The Labute approximate surface area is 272 Å². The van der Waals surface area contributed by atoms with E-state index in [1.807, 2.05) is 18.2 Å². The van der Waals surface area contributed by atoms with Crippen molar-refractivity contribution in [1.29, 1.82) is 0 Å². The van der Waals surface area contributed by atoms with Crippen molar-refractivity contribution in [3.05, 3.63) is 89.5 Å². The highest BCUT2D eigenvalue weighted by molar-refractivity contribution is 7.21. The molecule has 45 heavy (non-hydrogen) atoms. The summed E-state index contributed by atoms with van der Waals surface area (Å²) in [4.78, 5) is 30.2. The largest absolute Gasteiger partial charge is 0.379 e. The lowest BCUT2D eigenvalue weighted by Gasteiger charge is -2.18. The summed E-state index contributed by atoms with van der Waals surface area (Å²) in [6.45, 7) is 8.83. The van der Waals surface area contributed by atoms with E-state index in [-0.39, 0.29) is 17.6 Å². The van der Waals surface area contributed by atoms with Gasteiger partial charge in [0.15, 0.2) is 0 Å². The molecule has 4 rings (SSSR count). The first-order valence-electron chi connectivity index (χ1n) is 16.3. The number of nitrogens with zero attached hydrogens (tertiary/aromatic N) is 1. The van der Waals surface area contributed by atoms with E-state index in [2.05, 4.69) is 80.7 Å². The number of fused-ring (bicyclic) bond motifs is 1. The molecule has 7 heteroatoms. The maximum absolute atomic E-state index is 12.8. The van der Waals surface area contributed by atoms with Gasteiger partial charge in [0, 0.05) is 37.5 Å². The van der Waals surface area contributed by atoms with Crippen molar-refractivity contribution in [1.82, 2.24) is 10.3 Å². The zero-order valence-electron chi connectivity index (χ0n) is 27.1. The Morgan fingerprint density at radius 3 is 2.31 bits per heavy atom. The van der Waals surface area contributed by atoms with Crippen molar-refractivity contribution >= 4 is 33.2 Å². The highest BCUT2D eigenvalue weighted by atomic mass is 32.1. The molecule has 240 valence electrons. The number of nitrogens with one attached hydrogen (secondary N) is 1. The number of hydrogen-bond donors (Lipinski definition) is 1. The molecule has 4 aromatic rings. The highest BCUT2D eigenvalue weighted by Crippen LogP contribution is 2.31. The van der Waals surface area contributed by atoms with Crippen LogP contribution in [0.15, 0.2) is 72.8 Å². The number of rotatable bonds is 20. The van der Waals surface area contributed by atoms with Gasteiger partial charge in [-0.3, -0.25) is 9.59 Å². The van der Waals surface area contributed by atoms with Crippen LogP contribution in [0.1, 0.15) is 62.6 Å². The fourth-order valence-corrected chi connectivity index (χ4v) is 6.49. The minimum atomic E-state index is -0.286. The van der Waals surface area contributed by atoms with Crippen LogP contribution in [0.2, 0.25) is 0 Å². The van der Waals surface area contributed by atoms with Crippen LogP contribution in [0, 0.1) is 18.8 Å². The third-order valence-electron chi connectivity index (χ3n) is 7.78. The number of amides is 1. The Bertz CT molecular complexity index is 1470. The fraction of sp³-hybridized carbons (Fsp3) is 0.447. The third-order valence-corrected chi connectivity index (χ3v) is 8.85. The molecule has 6 nitrogen and oxygen atoms in total. The van der Waals surface area contributed by atoms with Crippen LogP contribution >= 0.6 is 11.3 Å². The Kier molecular flexibility index (Phi) is 14.2. The van der Waals surface area contributed by atoms with Gasteiger partial charge in [-0.1, -0.05) is 74.5 Å². The number of hydrogen-bond acceptors (Lipinski definition) is 6. The molecule has 0 unspecified atom stereocenters. The molecular weight excluding hydrogens is 580 g/mol. The van der Waals surface area contributed by atoms with Crippen molar-refractivity contribution in [3.8, 4) is 10.6 Å². The molecule has 1 N–H and O–H groups in total. The average molecular weight is 629 g/mol. The maximum atomic E-state index is 12.8. The van der Waals surface area contributed by atoms with E-state index in [9.17, 15) is 9.59 Å². The number of benzene rings is 3. The molecule has 0 spiro atoms. The molecule has 0 radical (unpaired) electrons. The fourth-order valence-electron chi connectivity index (χ4n) is 5.42. The van der Waals surface area contributed by atoms with Crippen molar-refractivity contribution in [2.24, 2.45) is 11.8 Å². The number of aromatic nitrogens is 1. The van der Waals surface area contributed by atoms with Crippen molar-refractivity contribution < 1.29 is 19.1 Å². The van der Waals surface area contributed by atoms with E-state index in [4.69, 9.17) is 14.5 Å². The molecule has 1 atom stereocenters. The van der Waals surface area contributed by atoms with E-state index in [1.54, 1.807) is 11.3 Å². The summed E-state index contributed by atoms with van der Waals surface area (Å²) >= 11 is 1.74. The SMILES string of the molecule is Cc1ccc2nc(-c3ccc(CCCOCCOCCNC(=O)[C@@H](CC(=O)CCCc4ccccc4)CC(C)C)cc3)sc2c1. The van der Waals surface area contributed by atoms with Crippen LogP contribution in [0.3, 0.4) is 0 Å². The third kappa shape index (κ3) is 12.1. The predicted molar refractivity (Wildman–Crippen MR) is 185 cm³/mol. The summed E-state index contributed by atoms with van der Waals surface area (Å²) < 4.78 is 12.6. The second-order valence-corrected chi connectivity index (χ2v) is 13.2. The van der Waals surface area contributed by atoms with Gasteiger partial charge < -0.3 is 14.8 Å². The molecule has 0 saturated carbocycles. The average Bonchev–Trinajstić information content (AvgIpc) is 3.45. The van der Waals surface area contributed by atoms with Gasteiger partial charge in [-0.05, 0) is 73.8 Å². The van der Waals surface area contributed by atoms with Gasteiger partial charge >= 0.3 is 0 Å². The monoisotopic (exact) mass is 628 g/mol. The number of carbonyl (C=O) groups excluding carboxylic acids is 2. The number of ether oxygens (including phenoxy) is 2. The minimum absolute atomic E-state index is 0.0526. The van der Waals surface area contributed by atoms with Gasteiger partial charge in [0.25, 0.3) is 0 Å². The molecule has 1 aromatic heterocycles. The lowest BCUT2D eigenvalue weighted by atomic mass is 9.90. The zero-order chi connectivity index (χ0) is 31.9. The normalized spacial score (nSPS) is 12.1. The smallest absolute Gasteiger partial charge is 0.223 e. The summed E-state index contributed by atoms with van der Waals surface area (Å²) in [6, 6.07) is 25.3. The lowest BCUT2D eigenvalue weighted by Crippen LogP contribution is -2.35. The molecule has 0 fully saturated rings. The molecule has 0 aliphatic carbocycles. The molecule has 0 saturated heterocycles. The van der Waals surface area contributed by atoms with E-state index in [0.29, 0.717) is 58.2 Å². The van der Waals surface area contributed by atoms with E-state index in [0.717, 1.165) is 41.8 Å². The second-order valence-electron chi connectivity index (χ2n) is 12.2. The molecule has 0 bridgehead atoms. The summed E-state index contributed by atoms with van der Waals surface area (Å²) in [5, 5.41) is 4.02. The summed E-state index contributed by atoms with van der Waals surface area (Å²) in [6.07, 6.45) is 5.12. The van der Waals surface area contributed by atoms with Crippen LogP contribution in [0.4, 0.5) is 0 Å². The van der Waals surface area contributed by atoms with Crippen molar-refractivity contribution in [2.75, 3.05) is 33.0 Å². The summed E-state index contributed by atoms with van der Waals surface area (Å²) in [5.41, 5.74) is 5.99. The quantitative estimate of drug-likeness (QED) is 0.100. The first-order chi connectivity index (χ1) is 21.9. The molecule has 1 heterocycles. The zero-order valence-corrected chi connectivity index (χ0v) is 27.9. The Morgan fingerprint density at radius 1 is 0.844 bits per heavy atom. The van der Waals surface area contributed by atoms with Gasteiger partial charge in [-0.25, -0.2) is 4.98 Å². The van der Waals surface area contributed by atoms with E-state index < -0.39 is 0 Å². The number of thiazole rings is 1. The van der Waals surface area contributed by atoms with Gasteiger partial charge in [0.1, 0.15) is 10.8 Å². The first-order valence-corrected chi connectivity index (χ1v) is 17.1. The first kappa shape index (κ1) is 34.5. The number of ketones is 1. The van der Waals surface area contributed by atoms with Gasteiger partial charge in [0.05, 0.1) is 30.0 Å². The predicted octanol–water partition coefficient (Wildman–Crippen LogP) is 8.00. The Hall–Kier alpha value is -3.39. The Morgan fingerprint density at radius 2 is 1.56 bits per heavy atom. The topological polar surface area (TPSA) is 77.5 Å². The molecular formula is C38H48N2O4S. The van der Waals surface area contributed by atoms with Gasteiger partial charge in [0.2, 0.25) is 5.91 Å². The highest BCUT2D eigenvalue weighted by Gasteiger charge is 2.22. The number of carbonyl (C=O) groups is 2. The van der Waals surface area contributed by atoms with Gasteiger partial charge in [-0.15, -0.1) is 11.3 Å². The van der Waals surface area contributed by atoms with E-state index in [1.165, 1.54) is 21.4 Å². The van der Waals surface area contributed by atoms with Crippen LogP contribution in [-0.2, 0) is 31.9 Å². The van der Waals surface area contributed by atoms with Crippen LogP contribution in [-0.4, -0.2) is 49.6 Å².